The number of epoxide rings is 1. The van der Waals surface area contributed by atoms with Gasteiger partial charge in [-0.25, -0.2) is 0 Å². The molecule has 2 rings (SSSR count). The summed E-state index contributed by atoms with van der Waals surface area (Å²) in [6.07, 6.45) is 1.50. The Morgan fingerprint density at radius 1 is 1.40 bits per heavy atom. The van der Waals surface area contributed by atoms with Crippen molar-refractivity contribution < 1.29 is 14.3 Å². The Kier molecular flexibility index (Phi) is 5.07. The quantitative estimate of drug-likeness (QED) is 0.440. The molecule has 0 spiro atoms. The molecule has 0 amide bonds. The van der Waals surface area contributed by atoms with Crippen LogP contribution in [0.5, 0.6) is 0 Å². The van der Waals surface area contributed by atoms with Crippen LogP contribution in [-0.4, -0.2) is 24.3 Å². The van der Waals surface area contributed by atoms with Gasteiger partial charge in [0.05, 0.1) is 19.1 Å². The normalized spacial score (nSPS) is 19.5. The van der Waals surface area contributed by atoms with Crippen LogP contribution in [0.3, 0.4) is 0 Å². The number of carbonyl (C=O) groups excluding carboxylic acids is 1. The first-order valence-electron chi connectivity index (χ1n) is 6.91. The van der Waals surface area contributed by atoms with E-state index in [0.717, 1.165) is 13.0 Å². The van der Waals surface area contributed by atoms with Gasteiger partial charge >= 0.3 is 5.97 Å². The smallest absolute Gasteiger partial charge is 0.306 e. The van der Waals surface area contributed by atoms with Crippen molar-refractivity contribution in [2.24, 2.45) is 5.92 Å². The van der Waals surface area contributed by atoms with Crippen molar-refractivity contribution in [3.63, 3.8) is 0 Å². The molecule has 0 radical (unpaired) electrons. The van der Waals surface area contributed by atoms with E-state index in [0.29, 0.717) is 6.42 Å². The van der Waals surface area contributed by atoms with Gasteiger partial charge in [0.1, 0.15) is 5.60 Å². The van der Waals surface area contributed by atoms with Crippen LogP contribution in [-0.2, 0) is 20.7 Å². The molecule has 0 N–H and O–H groups in total. The Labute approximate surface area is 134 Å². The number of ether oxygens (including phenoxy) is 2. The second-order valence-electron chi connectivity index (χ2n) is 6.25. The first-order valence-corrected chi connectivity index (χ1v) is 7.99. The van der Waals surface area contributed by atoms with Crippen LogP contribution in [0.1, 0.15) is 32.8 Å². The summed E-state index contributed by atoms with van der Waals surface area (Å²) in [5.41, 5.74) is 0.823. The van der Waals surface area contributed by atoms with Crippen LogP contribution >= 0.6 is 22.6 Å². The fourth-order valence-electron chi connectivity index (χ4n) is 2.18. The molecule has 2 atom stereocenters. The van der Waals surface area contributed by atoms with Gasteiger partial charge in [-0.2, -0.15) is 0 Å². The molecule has 0 bridgehead atoms. The molecule has 4 heteroatoms. The Hall–Kier alpha value is -0.620. The largest absolute Gasteiger partial charge is 0.460 e. The second-order valence-corrected chi connectivity index (χ2v) is 7.50. The lowest BCUT2D eigenvalue weighted by Gasteiger charge is -2.21. The summed E-state index contributed by atoms with van der Waals surface area (Å²) in [7, 11) is 0. The maximum Gasteiger partial charge on any atom is 0.306 e. The maximum absolute atomic E-state index is 12.0. The second kappa shape index (κ2) is 6.43. The summed E-state index contributed by atoms with van der Waals surface area (Å²) < 4.78 is 12.0. The SMILES string of the molecule is CC(C)(C)OC(=O)C[C@@H](Cc1ccc(I)cc1)[C@@H]1CO1. The van der Waals surface area contributed by atoms with E-state index in [1.54, 1.807) is 0 Å². The highest BCUT2D eigenvalue weighted by Crippen LogP contribution is 2.28. The number of hydrogen-bond donors (Lipinski definition) is 0. The molecule has 0 saturated carbocycles. The molecule has 3 nitrogen and oxygen atoms in total. The summed E-state index contributed by atoms with van der Waals surface area (Å²) in [5, 5.41) is 0. The lowest BCUT2D eigenvalue weighted by molar-refractivity contribution is -0.156. The Morgan fingerprint density at radius 3 is 2.50 bits per heavy atom. The van der Waals surface area contributed by atoms with Gasteiger partial charge in [-0.15, -0.1) is 0 Å². The number of rotatable bonds is 5. The average Bonchev–Trinajstić information content (AvgIpc) is 3.12. The van der Waals surface area contributed by atoms with Gasteiger partial charge < -0.3 is 9.47 Å². The lowest BCUT2D eigenvalue weighted by Crippen LogP contribution is -2.27. The number of halogens is 1. The zero-order chi connectivity index (χ0) is 14.8. The number of esters is 1. The van der Waals surface area contributed by atoms with Gasteiger partial charge in [0, 0.05) is 9.49 Å². The molecule has 1 aliphatic rings. The van der Waals surface area contributed by atoms with Gasteiger partial charge in [-0.05, 0) is 67.5 Å². The summed E-state index contributed by atoms with van der Waals surface area (Å²) >= 11 is 2.29. The predicted molar refractivity (Wildman–Crippen MR) is 86.6 cm³/mol. The third kappa shape index (κ3) is 5.40. The fourth-order valence-corrected chi connectivity index (χ4v) is 2.54. The Balaban J connectivity index is 1.94. The molecule has 1 aromatic rings. The fraction of sp³-hybridized carbons (Fsp3) is 0.562. The number of hydrogen-bond acceptors (Lipinski definition) is 3. The molecule has 20 heavy (non-hydrogen) atoms. The predicted octanol–water partition coefficient (Wildman–Crippen LogP) is 3.58. The van der Waals surface area contributed by atoms with E-state index in [9.17, 15) is 4.79 Å². The highest BCUT2D eigenvalue weighted by atomic mass is 127. The van der Waals surface area contributed by atoms with E-state index >= 15 is 0 Å². The van der Waals surface area contributed by atoms with Gasteiger partial charge in [0.15, 0.2) is 0 Å². The van der Waals surface area contributed by atoms with Crippen LogP contribution in [0.15, 0.2) is 24.3 Å². The molecule has 0 aliphatic carbocycles. The van der Waals surface area contributed by atoms with E-state index < -0.39 is 5.60 Å². The van der Waals surface area contributed by atoms with E-state index in [4.69, 9.17) is 9.47 Å². The van der Waals surface area contributed by atoms with Crippen molar-refractivity contribution in [2.45, 2.75) is 45.3 Å². The molecule has 1 fully saturated rings. The molecular weight excluding hydrogens is 367 g/mol. The third-order valence-corrected chi connectivity index (χ3v) is 3.86. The third-order valence-electron chi connectivity index (χ3n) is 3.14. The summed E-state index contributed by atoms with van der Waals surface area (Å²) in [6.45, 7) is 6.45. The first-order chi connectivity index (χ1) is 9.33. The minimum absolute atomic E-state index is 0.136. The van der Waals surface area contributed by atoms with Crippen LogP contribution < -0.4 is 0 Å². The van der Waals surface area contributed by atoms with Gasteiger partial charge in [-0.1, -0.05) is 12.1 Å². The van der Waals surface area contributed by atoms with E-state index in [1.807, 2.05) is 20.8 Å². The van der Waals surface area contributed by atoms with Crippen LogP contribution in [0.4, 0.5) is 0 Å². The molecule has 0 unspecified atom stereocenters. The van der Waals surface area contributed by atoms with Crippen molar-refractivity contribution >= 4 is 28.6 Å². The maximum atomic E-state index is 12.0. The number of carbonyl (C=O) groups is 1. The van der Waals surface area contributed by atoms with E-state index in [2.05, 4.69) is 46.9 Å². The number of benzene rings is 1. The van der Waals surface area contributed by atoms with Crippen LogP contribution in [0.2, 0.25) is 0 Å². The molecule has 1 aliphatic heterocycles. The molecule has 1 aromatic carbocycles. The van der Waals surface area contributed by atoms with Crippen molar-refractivity contribution in [1.29, 1.82) is 0 Å². The molecule has 0 aromatic heterocycles. The first kappa shape index (κ1) is 15.8. The molecule has 110 valence electrons. The minimum atomic E-state index is -0.422. The van der Waals surface area contributed by atoms with Crippen molar-refractivity contribution in [1.82, 2.24) is 0 Å². The monoisotopic (exact) mass is 388 g/mol. The summed E-state index contributed by atoms with van der Waals surface area (Å²) in [4.78, 5) is 12.0. The van der Waals surface area contributed by atoms with Gasteiger partial charge in [-0.3, -0.25) is 4.79 Å². The summed E-state index contributed by atoms with van der Waals surface area (Å²) in [5.74, 6) is 0.0772. The van der Waals surface area contributed by atoms with Crippen molar-refractivity contribution in [3.8, 4) is 0 Å². The molecule has 1 heterocycles. The zero-order valence-corrected chi connectivity index (χ0v) is 14.3. The van der Waals surface area contributed by atoms with Gasteiger partial charge in [0.25, 0.3) is 0 Å². The van der Waals surface area contributed by atoms with Crippen molar-refractivity contribution in [3.05, 3.63) is 33.4 Å². The topological polar surface area (TPSA) is 38.8 Å². The lowest BCUT2D eigenvalue weighted by atomic mass is 9.93. The molecular formula is C16H21IO3. The van der Waals surface area contributed by atoms with E-state index in [1.165, 1.54) is 9.13 Å². The highest BCUT2D eigenvalue weighted by Gasteiger charge is 2.35. The standard InChI is InChI=1S/C16H21IO3/c1-16(2,3)20-15(18)9-12(14-10-19-14)8-11-4-6-13(17)7-5-11/h4-7,12,14H,8-10H2,1-3H3/t12-,14+/m1/s1. The van der Waals surface area contributed by atoms with Gasteiger partial charge in [0.2, 0.25) is 0 Å². The van der Waals surface area contributed by atoms with Crippen molar-refractivity contribution in [2.75, 3.05) is 6.61 Å². The van der Waals surface area contributed by atoms with Crippen LogP contribution in [0.25, 0.3) is 0 Å². The van der Waals surface area contributed by atoms with Crippen LogP contribution in [0, 0.1) is 9.49 Å². The zero-order valence-electron chi connectivity index (χ0n) is 12.2. The highest BCUT2D eigenvalue weighted by molar-refractivity contribution is 14.1. The van der Waals surface area contributed by atoms with E-state index in [-0.39, 0.29) is 18.0 Å². The average molecular weight is 388 g/mol. The minimum Gasteiger partial charge on any atom is -0.460 e. The Morgan fingerprint density at radius 2 is 2.00 bits per heavy atom. The molecule has 1 saturated heterocycles. The Bertz CT molecular complexity index is 458. The summed E-state index contributed by atoms with van der Waals surface area (Å²) in [6, 6.07) is 8.42.